The Morgan fingerprint density at radius 1 is 1.57 bits per heavy atom. The number of carboxylic acids is 1. The van der Waals surface area contributed by atoms with Crippen LogP contribution in [0.4, 0.5) is 0 Å². The summed E-state index contributed by atoms with van der Waals surface area (Å²) in [7, 11) is -1.42. The molecule has 0 saturated carbocycles. The molecule has 1 fully saturated rings. The maximum atomic E-state index is 11.0. The van der Waals surface area contributed by atoms with E-state index in [-0.39, 0.29) is 12.6 Å². The lowest BCUT2D eigenvalue weighted by Gasteiger charge is -2.41. The molecule has 0 aromatic carbocycles. The number of sulfonamides is 1. The molecular formula is C7H14N2O4S. The Bertz CT molecular complexity index is 321. The highest BCUT2D eigenvalue weighted by molar-refractivity contribution is 7.88. The summed E-state index contributed by atoms with van der Waals surface area (Å²) in [4.78, 5) is 12.0. The average molecular weight is 222 g/mol. The molecule has 6 nitrogen and oxygen atoms in total. The monoisotopic (exact) mass is 222 g/mol. The Labute approximate surface area is 83.2 Å². The van der Waals surface area contributed by atoms with Gasteiger partial charge in [-0.15, -0.1) is 0 Å². The first-order chi connectivity index (χ1) is 6.30. The van der Waals surface area contributed by atoms with E-state index in [4.69, 9.17) is 5.11 Å². The molecule has 82 valence electrons. The van der Waals surface area contributed by atoms with E-state index in [9.17, 15) is 13.2 Å². The van der Waals surface area contributed by atoms with Crippen LogP contribution in [0.5, 0.6) is 0 Å². The summed E-state index contributed by atoms with van der Waals surface area (Å²) < 4.78 is 23.3. The fraction of sp³-hybridized carbons (Fsp3) is 0.857. The van der Waals surface area contributed by atoms with Gasteiger partial charge in [-0.25, -0.2) is 8.42 Å². The van der Waals surface area contributed by atoms with Crippen LogP contribution in [0.2, 0.25) is 0 Å². The normalized spacial score (nSPS) is 19.6. The van der Waals surface area contributed by atoms with E-state index in [1.54, 1.807) is 11.9 Å². The Morgan fingerprint density at radius 2 is 2.07 bits per heavy atom. The Balaban J connectivity index is 2.38. The van der Waals surface area contributed by atoms with Crippen molar-refractivity contribution in [3.05, 3.63) is 0 Å². The van der Waals surface area contributed by atoms with Crippen LogP contribution in [-0.2, 0) is 14.8 Å². The van der Waals surface area contributed by atoms with Crippen LogP contribution >= 0.6 is 0 Å². The Hall–Kier alpha value is -0.660. The topological polar surface area (TPSA) is 77.9 Å². The van der Waals surface area contributed by atoms with Gasteiger partial charge in [-0.1, -0.05) is 0 Å². The van der Waals surface area contributed by atoms with E-state index in [0.29, 0.717) is 13.1 Å². The second-order valence-electron chi connectivity index (χ2n) is 3.54. The molecule has 0 aliphatic carbocycles. The molecule has 1 N–H and O–H groups in total. The molecule has 1 saturated heterocycles. The zero-order valence-corrected chi connectivity index (χ0v) is 8.99. The summed E-state index contributed by atoms with van der Waals surface area (Å²) in [6.45, 7) is 0.730. The molecule has 0 spiro atoms. The second-order valence-corrected chi connectivity index (χ2v) is 5.53. The van der Waals surface area contributed by atoms with E-state index in [1.165, 1.54) is 4.31 Å². The summed E-state index contributed by atoms with van der Waals surface area (Å²) in [6.07, 6.45) is 1.15. The van der Waals surface area contributed by atoms with E-state index in [0.717, 1.165) is 6.26 Å². The molecule has 0 atom stereocenters. The summed E-state index contributed by atoms with van der Waals surface area (Å²) in [6, 6.07) is 0.0285. The number of hydrogen-bond donors (Lipinski definition) is 1. The van der Waals surface area contributed by atoms with Gasteiger partial charge in [0.15, 0.2) is 0 Å². The minimum absolute atomic E-state index is 0.0285. The van der Waals surface area contributed by atoms with Crippen LogP contribution < -0.4 is 0 Å². The van der Waals surface area contributed by atoms with Crippen molar-refractivity contribution in [2.75, 3.05) is 32.9 Å². The number of nitrogens with zero attached hydrogens (tertiary/aromatic N) is 2. The molecule has 0 amide bonds. The molecule has 7 heteroatoms. The predicted octanol–water partition coefficient (Wildman–Crippen LogP) is -1.35. The zero-order chi connectivity index (χ0) is 10.9. The van der Waals surface area contributed by atoms with Gasteiger partial charge in [-0.05, 0) is 7.05 Å². The van der Waals surface area contributed by atoms with Gasteiger partial charge in [0.1, 0.15) is 0 Å². The fourth-order valence-electron chi connectivity index (χ4n) is 1.31. The molecule has 1 aliphatic rings. The third-order valence-electron chi connectivity index (χ3n) is 2.31. The molecule has 0 aromatic rings. The van der Waals surface area contributed by atoms with Gasteiger partial charge < -0.3 is 5.11 Å². The van der Waals surface area contributed by atoms with Crippen LogP contribution in [0.1, 0.15) is 0 Å². The van der Waals surface area contributed by atoms with Crippen LogP contribution in [0, 0.1) is 0 Å². The number of likely N-dealkylation sites (N-methyl/N-ethyl adjacent to an activating group) is 1. The van der Waals surface area contributed by atoms with Crippen molar-refractivity contribution >= 4 is 16.0 Å². The van der Waals surface area contributed by atoms with Crippen molar-refractivity contribution in [3.8, 4) is 0 Å². The lowest BCUT2D eigenvalue weighted by atomic mass is 10.1. The maximum Gasteiger partial charge on any atom is 0.317 e. The van der Waals surface area contributed by atoms with Crippen molar-refractivity contribution in [1.82, 2.24) is 9.21 Å². The Kier molecular flexibility index (Phi) is 3.13. The molecule has 1 rings (SSSR count). The van der Waals surface area contributed by atoms with Crippen molar-refractivity contribution in [2.45, 2.75) is 6.04 Å². The van der Waals surface area contributed by atoms with Gasteiger partial charge in [0.2, 0.25) is 10.0 Å². The van der Waals surface area contributed by atoms with Crippen LogP contribution in [0.15, 0.2) is 0 Å². The summed E-state index contributed by atoms with van der Waals surface area (Å²) in [5, 5.41) is 8.50. The van der Waals surface area contributed by atoms with Gasteiger partial charge in [0, 0.05) is 19.1 Å². The van der Waals surface area contributed by atoms with Crippen molar-refractivity contribution in [1.29, 1.82) is 0 Å². The predicted molar refractivity (Wildman–Crippen MR) is 50.5 cm³/mol. The summed E-state index contributed by atoms with van der Waals surface area (Å²) in [5.41, 5.74) is 0. The molecule has 14 heavy (non-hydrogen) atoms. The van der Waals surface area contributed by atoms with Crippen molar-refractivity contribution in [3.63, 3.8) is 0 Å². The molecule has 0 aromatic heterocycles. The quantitative estimate of drug-likeness (QED) is 0.636. The number of hydrogen-bond acceptors (Lipinski definition) is 4. The first kappa shape index (κ1) is 11.4. The third kappa shape index (κ3) is 2.66. The standard InChI is InChI=1S/C7H14N2O4S/c1-8(5-7(10)11)6-3-9(4-6)14(2,12)13/h6H,3-5H2,1-2H3,(H,10,11). The van der Waals surface area contributed by atoms with Gasteiger partial charge in [0.05, 0.1) is 12.8 Å². The van der Waals surface area contributed by atoms with E-state index < -0.39 is 16.0 Å². The molecule has 1 heterocycles. The highest BCUT2D eigenvalue weighted by atomic mass is 32.2. The molecular weight excluding hydrogens is 208 g/mol. The Morgan fingerprint density at radius 3 is 2.43 bits per heavy atom. The van der Waals surface area contributed by atoms with Gasteiger partial charge in [0.25, 0.3) is 0 Å². The average Bonchev–Trinajstić information content (AvgIpc) is 1.75. The lowest BCUT2D eigenvalue weighted by molar-refractivity contribution is -0.139. The van der Waals surface area contributed by atoms with Crippen LogP contribution in [0.25, 0.3) is 0 Å². The van der Waals surface area contributed by atoms with E-state index in [2.05, 4.69) is 0 Å². The number of carbonyl (C=O) groups is 1. The SMILES string of the molecule is CN(CC(=O)O)C1CN(S(C)(=O)=O)C1. The minimum Gasteiger partial charge on any atom is -0.480 e. The van der Waals surface area contributed by atoms with E-state index in [1.807, 2.05) is 0 Å². The maximum absolute atomic E-state index is 11.0. The zero-order valence-electron chi connectivity index (χ0n) is 8.17. The van der Waals surface area contributed by atoms with Crippen molar-refractivity contribution < 1.29 is 18.3 Å². The van der Waals surface area contributed by atoms with Gasteiger partial charge in [-0.2, -0.15) is 4.31 Å². The minimum atomic E-state index is -3.10. The van der Waals surface area contributed by atoms with E-state index >= 15 is 0 Å². The van der Waals surface area contributed by atoms with Crippen molar-refractivity contribution in [2.24, 2.45) is 0 Å². The number of aliphatic carboxylic acids is 1. The lowest BCUT2D eigenvalue weighted by Crippen LogP contribution is -2.60. The number of rotatable bonds is 4. The highest BCUT2D eigenvalue weighted by Crippen LogP contribution is 2.16. The van der Waals surface area contributed by atoms with Gasteiger partial charge >= 0.3 is 5.97 Å². The largest absolute Gasteiger partial charge is 0.480 e. The second kappa shape index (κ2) is 3.84. The highest BCUT2D eigenvalue weighted by Gasteiger charge is 2.35. The summed E-state index contributed by atoms with van der Waals surface area (Å²) in [5.74, 6) is -0.898. The molecule has 0 unspecified atom stereocenters. The molecule has 0 bridgehead atoms. The van der Waals surface area contributed by atoms with Crippen LogP contribution in [0.3, 0.4) is 0 Å². The first-order valence-electron chi connectivity index (χ1n) is 4.18. The van der Waals surface area contributed by atoms with Crippen LogP contribution in [-0.4, -0.2) is 67.7 Å². The molecule has 1 aliphatic heterocycles. The first-order valence-corrected chi connectivity index (χ1v) is 6.02. The third-order valence-corrected chi connectivity index (χ3v) is 3.54. The smallest absolute Gasteiger partial charge is 0.317 e. The summed E-state index contributed by atoms with van der Waals surface area (Å²) >= 11 is 0. The van der Waals surface area contributed by atoms with Gasteiger partial charge in [-0.3, -0.25) is 9.69 Å². The molecule has 0 radical (unpaired) electrons. The number of carboxylic acid groups (broad SMARTS) is 1. The fourth-order valence-corrected chi connectivity index (χ4v) is 2.19.